The van der Waals surface area contributed by atoms with Crippen LogP contribution < -0.4 is 20.8 Å². The molecule has 0 aliphatic heterocycles. The molecule has 1 N–H and O–H groups in total. The summed E-state index contributed by atoms with van der Waals surface area (Å²) in [7, 11) is 0. The number of rotatable bonds is 6. The van der Waals surface area contributed by atoms with Crippen LogP contribution in [0.5, 0.6) is 5.75 Å². The Balaban J connectivity index is 1.62. The van der Waals surface area contributed by atoms with E-state index < -0.39 is 12.1 Å². The van der Waals surface area contributed by atoms with Crippen LogP contribution in [-0.4, -0.2) is 24.5 Å². The van der Waals surface area contributed by atoms with Gasteiger partial charge in [0.15, 0.2) is 6.10 Å². The molecule has 1 atom stereocenters. The van der Waals surface area contributed by atoms with E-state index in [9.17, 15) is 19.5 Å². The number of amides is 1. The van der Waals surface area contributed by atoms with Crippen LogP contribution in [0.2, 0.25) is 0 Å². The molecule has 0 unspecified atom stereocenters. The number of aliphatic carboxylic acids is 1. The van der Waals surface area contributed by atoms with Gasteiger partial charge in [0, 0.05) is 29.0 Å². The van der Waals surface area contributed by atoms with Crippen LogP contribution in [0.1, 0.15) is 49.3 Å². The molecule has 1 amide bonds. The molecule has 1 aliphatic rings. The van der Waals surface area contributed by atoms with Crippen LogP contribution in [0.4, 0.5) is 0 Å². The second-order valence-electron chi connectivity index (χ2n) is 8.25. The van der Waals surface area contributed by atoms with Crippen molar-refractivity contribution in [2.24, 2.45) is 11.8 Å². The third-order valence-electron chi connectivity index (χ3n) is 6.24. The van der Waals surface area contributed by atoms with Crippen molar-refractivity contribution in [3.63, 3.8) is 0 Å². The maximum Gasteiger partial charge on any atom is 0.339 e. The number of hydrogen-bond donors (Lipinski definition) is 1. The number of carboxylic acids is 1. The van der Waals surface area contributed by atoms with Gasteiger partial charge in [0.1, 0.15) is 11.3 Å². The number of carbonyl (C=O) groups excluding carboxylic acids is 2. The van der Waals surface area contributed by atoms with Crippen LogP contribution in [0.25, 0.3) is 11.0 Å². The van der Waals surface area contributed by atoms with E-state index in [1.807, 2.05) is 13.0 Å². The zero-order chi connectivity index (χ0) is 22.0. The van der Waals surface area contributed by atoms with Crippen LogP contribution in [0.15, 0.2) is 21.3 Å². The molecule has 1 aliphatic carbocycles. The third-order valence-corrected chi connectivity index (χ3v) is 6.24. The molecule has 7 nitrogen and oxygen atoms in total. The lowest BCUT2D eigenvalue weighted by Crippen LogP contribution is -2.40. The lowest BCUT2D eigenvalue weighted by atomic mass is 9.82. The van der Waals surface area contributed by atoms with E-state index in [1.54, 1.807) is 26.8 Å². The molecule has 0 spiro atoms. The first-order chi connectivity index (χ1) is 14.2. The summed E-state index contributed by atoms with van der Waals surface area (Å²) >= 11 is 0. The van der Waals surface area contributed by atoms with Gasteiger partial charge in [-0.3, -0.25) is 4.79 Å². The number of benzene rings is 1. The summed E-state index contributed by atoms with van der Waals surface area (Å²) in [6, 6.07) is 3.62. The summed E-state index contributed by atoms with van der Waals surface area (Å²) in [5.74, 6) is -0.835. The summed E-state index contributed by atoms with van der Waals surface area (Å²) in [6.07, 6.45) is 1.98. The molecule has 1 heterocycles. The Bertz CT molecular complexity index is 1020. The number of carbonyl (C=O) groups is 2. The van der Waals surface area contributed by atoms with E-state index in [2.05, 4.69) is 5.32 Å². The number of fused-ring (bicyclic) bond motifs is 1. The SMILES string of the molecule is Cc1c(C)c2ccc(O[C@H](C)C(=O)NCC3CCC(C(=O)[O-])CC3)c(C)c2oc1=O. The predicted octanol–water partition coefficient (Wildman–Crippen LogP) is 2.16. The van der Waals surface area contributed by atoms with Gasteiger partial charge >= 0.3 is 5.63 Å². The predicted molar refractivity (Wildman–Crippen MR) is 110 cm³/mol. The average molecular weight is 414 g/mol. The highest BCUT2D eigenvalue weighted by atomic mass is 16.5. The van der Waals surface area contributed by atoms with Crippen molar-refractivity contribution in [2.75, 3.05) is 6.54 Å². The number of ether oxygens (including phenoxy) is 1. The molecule has 3 rings (SSSR count). The van der Waals surface area contributed by atoms with Crippen molar-refractivity contribution >= 4 is 22.8 Å². The maximum atomic E-state index is 12.5. The lowest BCUT2D eigenvalue weighted by molar-refractivity contribution is -0.312. The topological polar surface area (TPSA) is 109 Å². The van der Waals surface area contributed by atoms with Gasteiger partial charge in [0.25, 0.3) is 5.91 Å². The fraction of sp³-hybridized carbons (Fsp3) is 0.522. The molecule has 0 radical (unpaired) electrons. The second kappa shape index (κ2) is 8.90. The Morgan fingerprint density at radius 1 is 1.13 bits per heavy atom. The van der Waals surface area contributed by atoms with Gasteiger partial charge in [-0.05, 0) is 82.9 Å². The number of hydrogen-bond acceptors (Lipinski definition) is 6. The molecule has 1 aromatic carbocycles. The van der Waals surface area contributed by atoms with Crippen LogP contribution in [0, 0.1) is 32.6 Å². The van der Waals surface area contributed by atoms with E-state index in [0.29, 0.717) is 41.8 Å². The maximum absolute atomic E-state index is 12.5. The highest BCUT2D eigenvalue weighted by Gasteiger charge is 2.24. The zero-order valence-corrected chi connectivity index (χ0v) is 17.9. The van der Waals surface area contributed by atoms with Crippen LogP contribution in [0.3, 0.4) is 0 Å². The molecular weight excluding hydrogens is 386 g/mol. The molecule has 1 saturated carbocycles. The van der Waals surface area contributed by atoms with Gasteiger partial charge in [-0.1, -0.05) is 0 Å². The van der Waals surface area contributed by atoms with Gasteiger partial charge in [0.2, 0.25) is 0 Å². The summed E-state index contributed by atoms with van der Waals surface area (Å²) in [5, 5.41) is 14.7. The van der Waals surface area contributed by atoms with Crippen molar-refractivity contribution in [3.05, 3.63) is 39.2 Å². The van der Waals surface area contributed by atoms with E-state index in [0.717, 1.165) is 23.8 Å². The molecule has 0 saturated heterocycles. The number of aryl methyl sites for hydroxylation is 2. The Morgan fingerprint density at radius 2 is 1.80 bits per heavy atom. The fourth-order valence-corrected chi connectivity index (χ4v) is 3.99. The van der Waals surface area contributed by atoms with Gasteiger partial charge < -0.3 is 24.4 Å². The highest BCUT2D eigenvalue weighted by molar-refractivity contribution is 5.86. The summed E-state index contributed by atoms with van der Waals surface area (Å²) < 4.78 is 11.3. The Kier molecular flexibility index (Phi) is 6.48. The van der Waals surface area contributed by atoms with E-state index >= 15 is 0 Å². The van der Waals surface area contributed by atoms with Gasteiger partial charge in [-0.15, -0.1) is 0 Å². The minimum Gasteiger partial charge on any atom is -0.550 e. The molecule has 7 heteroatoms. The Labute approximate surface area is 175 Å². The van der Waals surface area contributed by atoms with Gasteiger partial charge in [0.05, 0.1) is 0 Å². The van der Waals surface area contributed by atoms with Crippen LogP contribution in [-0.2, 0) is 9.59 Å². The Morgan fingerprint density at radius 3 is 2.43 bits per heavy atom. The van der Waals surface area contributed by atoms with E-state index in [1.165, 1.54) is 0 Å². The van der Waals surface area contributed by atoms with Crippen LogP contribution >= 0.6 is 0 Å². The van der Waals surface area contributed by atoms with E-state index in [-0.39, 0.29) is 23.4 Å². The molecule has 30 heavy (non-hydrogen) atoms. The third kappa shape index (κ3) is 4.50. The molecule has 1 fully saturated rings. The second-order valence-corrected chi connectivity index (χ2v) is 8.25. The Hall–Kier alpha value is -2.83. The highest BCUT2D eigenvalue weighted by Crippen LogP contribution is 2.30. The molecule has 162 valence electrons. The average Bonchev–Trinajstić information content (AvgIpc) is 2.73. The standard InChI is InChI=1S/C23H29NO6/c1-12-13(2)23(28)30-20-14(3)19(10-9-18(12)20)29-15(4)21(25)24-11-16-5-7-17(8-6-16)22(26)27/h9-10,15-17H,5-8,11H2,1-4H3,(H,24,25)(H,26,27)/p-1/t15-,16?,17?/m1/s1. The fourth-order valence-electron chi connectivity index (χ4n) is 3.99. The monoisotopic (exact) mass is 414 g/mol. The normalized spacial score (nSPS) is 20.0. The van der Waals surface area contributed by atoms with Crippen molar-refractivity contribution in [3.8, 4) is 5.75 Å². The van der Waals surface area contributed by atoms with Crippen molar-refractivity contribution in [1.82, 2.24) is 5.32 Å². The first-order valence-electron chi connectivity index (χ1n) is 10.4. The number of nitrogens with one attached hydrogen (secondary N) is 1. The van der Waals surface area contributed by atoms with Gasteiger partial charge in [-0.2, -0.15) is 0 Å². The van der Waals surface area contributed by atoms with Crippen molar-refractivity contribution in [2.45, 2.75) is 59.5 Å². The van der Waals surface area contributed by atoms with Crippen molar-refractivity contribution in [1.29, 1.82) is 0 Å². The summed E-state index contributed by atoms with van der Waals surface area (Å²) in [5.41, 5.74) is 2.22. The van der Waals surface area contributed by atoms with Gasteiger partial charge in [-0.25, -0.2) is 4.79 Å². The molecule has 2 aromatic rings. The van der Waals surface area contributed by atoms with E-state index in [4.69, 9.17) is 9.15 Å². The minimum atomic E-state index is -0.980. The summed E-state index contributed by atoms with van der Waals surface area (Å²) in [6.45, 7) is 7.58. The number of carboxylic acid groups (broad SMARTS) is 1. The zero-order valence-electron chi connectivity index (χ0n) is 17.9. The smallest absolute Gasteiger partial charge is 0.339 e. The lowest BCUT2D eigenvalue weighted by Gasteiger charge is -2.29. The summed E-state index contributed by atoms with van der Waals surface area (Å²) in [4.78, 5) is 35.4. The van der Waals surface area contributed by atoms with Crippen molar-refractivity contribution < 1.29 is 23.8 Å². The quantitative estimate of drug-likeness (QED) is 0.726. The molecule has 1 aromatic heterocycles. The molecular formula is C23H28NO6-. The first kappa shape index (κ1) is 21.9. The minimum absolute atomic E-state index is 0.238. The molecule has 0 bridgehead atoms. The largest absolute Gasteiger partial charge is 0.550 e. The first-order valence-corrected chi connectivity index (χ1v) is 10.4.